The van der Waals surface area contributed by atoms with Gasteiger partial charge in [0.25, 0.3) is 0 Å². The molecule has 94 valence electrons. The van der Waals surface area contributed by atoms with Crippen molar-refractivity contribution >= 4 is 11.9 Å². The summed E-state index contributed by atoms with van der Waals surface area (Å²) in [6, 6.07) is 1.88. The molecule has 1 aromatic heterocycles. The average Bonchev–Trinajstić information content (AvgIpc) is 2.69. The maximum absolute atomic E-state index is 11.8. The molecule has 5 nitrogen and oxygen atoms in total. The van der Waals surface area contributed by atoms with E-state index >= 15 is 0 Å². The number of rotatable bonds is 5. The van der Waals surface area contributed by atoms with E-state index in [9.17, 15) is 9.59 Å². The van der Waals surface area contributed by atoms with Crippen molar-refractivity contribution in [2.75, 3.05) is 7.05 Å². The van der Waals surface area contributed by atoms with Gasteiger partial charge in [-0.2, -0.15) is 0 Å². The number of carboxylic acid groups (broad SMARTS) is 1. The van der Waals surface area contributed by atoms with Crippen LogP contribution in [0.3, 0.4) is 0 Å². The minimum Gasteiger partial charge on any atom is -0.481 e. The van der Waals surface area contributed by atoms with Crippen molar-refractivity contribution in [2.45, 2.75) is 26.8 Å². The van der Waals surface area contributed by atoms with Crippen molar-refractivity contribution < 1.29 is 14.7 Å². The normalized spacial score (nSPS) is 11.2. The number of carbonyl (C=O) groups excluding carboxylic acids is 1. The summed E-state index contributed by atoms with van der Waals surface area (Å²) in [5.41, 5.74) is -0.0299. The van der Waals surface area contributed by atoms with E-state index in [1.165, 1.54) is 4.90 Å². The highest BCUT2D eigenvalue weighted by Gasteiger charge is 2.31. The van der Waals surface area contributed by atoms with Crippen LogP contribution in [0.2, 0.25) is 0 Å². The molecule has 0 bridgehead atoms. The minimum atomic E-state index is -1.02. The second-order valence-corrected chi connectivity index (χ2v) is 4.83. The molecular formula is C12H18N2O3. The van der Waals surface area contributed by atoms with Crippen LogP contribution in [0.15, 0.2) is 18.5 Å². The van der Waals surface area contributed by atoms with Gasteiger partial charge in [0.15, 0.2) is 0 Å². The van der Waals surface area contributed by atoms with Crippen molar-refractivity contribution in [3.8, 4) is 0 Å². The van der Waals surface area contributed by atoms with E-state index in [4.69, 9.17) is 5.11 Å². The quantitative estimate of drug-likeness (QED) is 0.815. The first-order valence-electron chi connectivity index (χ1n) is 5.42. The minimum absolute atomic E-state index is 0.00323. The van der Waals surface area contributed by atoms with Crippen LogP contribution < -0.4 is 0 Å². The fourth-order valence-electron chi connectivity index (χ4n) is 1.41. The lowest BCUT2D eigenvalue weighted by atomic mass is 9.89. The van der Waals surface area contributed by atoms with Gasteiger partial charge in [0.2, 0.25) is 5.91 Å². The molecule has 0 atom stereocenters. The number of amides is 1. The van der Waals surface area contributed by atoms with E-state index in [1.54, 1.807) is 27.1 Å². The molecule has 0 saturated carbocycles. The van der Waals surface area contributed by atoms with Gasteiger partial charge < -0.3 is 15.0 Å². The molecule has 0 aliphatic rings. The third kappa shape index (κ3) is 3.62. The molecule has 1 heterocycles. The molecule has 0 aliphatic carbocycles. The Morgan fingerprint density at radius 2 is 2.12 bits per heavy atom. The van der Waals surface area contributed by atoms with E-state index in [2.05, 4.69) is 4.98 Å². The zero-order valence-corrected chi connectivity index (χ0v) is 10.4. The van der Waals surface area contributed by atoms with E-state index in [0.717, 1.165) is 5.56 Å². The Kier molecular flexibility index (Phi) is 3.93. The van der Waals surface area contributed by atoms with E-state index in [0.29, 0.717) is 6.54 Å². The van der Waals surface area contributed by atoms with Crippen molar-refractivity contribution in [3.63, 3.8) is 0 Å². The predicted octanol–water partition coefficient (Wildman–Crippen LogP) is 1.47. The van der Waals surface area contributed by atoms with Gasteiger partial charge in [0.1, 0.15) is 0 Å². The molecule has 1 rings (SSSR count). The monoisotopic (exact) mass is 238 g/mol. The number of aliphatic carboxylic acids is 1. The molecule has 0 unspecified atom stereocenters. The molecule has 0 saturated heterocycles. The standard InChI is InChI=1S/C12H18N2O3/c1-12(2,11(16)17)6-10(15)14(3)8-9-4-5-13-7-9/h4-5,7,13H,6,8H2,1-3H3,(H,16,17). The third-order valence-electron chi connectivity index (χ3n) is 2.68. The van der Waals surface area contributed by atoms with Gasteiger partial charge in [-0.05, 0) is 25.5 Å². The van der Waals surface area contributed by atoms with Gasteiger partial charge in [-0.1, -0.05) is 0 Å². The zero-order chi connectivity index (χ0) is 13.1. The Bertz CT molecular complexity index is 396. The smallest absolute Gasteiger partial charge is 0.309 e. The summed E-state index contributed by atoms with van der Waals surface area (Å²) >= 11 is 0. The summed E-state index contributed by atoms with van der Waals surface area (Å²) in [6.45, 7) is 3.59. The molecule has 0 radical (unpaired) electrons. The number of carboxylic acids is 1. The molecule has 0 aromatic carbocycles. The van der Waals surface area contributed by atoms with Crippen LogP contribution in [0, 0.1) is 5.41 Å². The van der Waals surface area contributed by atoms with Crippen LogP contribution in [-0.4, -0.2) is 33.9 Å². The van der Waals surface area contributed by atoms with Gasteiger partial charge in [-0.15, -0.1) is 0 Å². The molecule has 17 heavy (non-hydrogen) atoms. The predicted molar refractivity (Wildman–Crippen MR) is 63.3 cm³/mol. The highest BCUT2D eigenvalue weighted by molar-refractivity contribution is 5.84. The summed E-state index contributed by atoms with van der Waals surface area (Å²) in [4.78, 5) is 27.2. The first-order valence-corrected chi connectivity index (χ1v) is 5.42. The first kappa shape index (κ1) is 13.3. The number of carbonyl (C=O) groups is 2. The Hall–Kier alpha value is -1.78. The Labute approximate surface area is 100 Å². The average molecular weight is 238 g/mol. The van der Waals surface area contributed by atoms with Crippen LogP contribution in [0.25, 0.3) is 0 Å². The van der Waals surface area contributed by atoms with Crippen molar-refractivity contribution in [1.82, 2.24) is 9.88 Å². The van der Waals surface area contributed by atoms with Gasteiger partial charge in [0.05, 0.1) is 5.41 Å². The molecule has 5 heteroatoms. The molecule has 0 aliphatic heterocycles. The largest absolute Gasteiger partial charge is 0.481 e. The van der Waals surface area contributed by atoms with Crippen LogP contribution in [0.4, 0.5) is 0 Å². The maximum Gasteiger partial charge on any atom is 0.309 e. The van der Waals surface area contributed by atoms with Crippen molar-refractivity contribution in [3.05, 3.63) is 24.0 Å². The van der Waals surface area contributed by atoms with E-state index in [-0.39, 0.29) is 12.3 Å². The maximum atomic E-state index is 11.8. The van der Waals surface area contributed by atoms with Gasteiger partial charge in [-0.25, -0.2) is 0 Å². The van der Waals surface area contributed by atoms with E-state index in [1.807, 2.05) is 12.3 Å². The van der Waals surface area contributed by atoms with Crippen LogP contribution >= 0.6 is 0 Å². The number of hydrogen-bond donors (Lipinski definition) is 2. The zero-order valence-electron chi connectivity index (χ0n) is 10.4. The van der Waals surface area contributed by atoms with Crippen LogP contribution in [0.5, 0.6) is 0 Å². The van der Waals surface area contributed by atoms with Crippen LogP contribution in [0.1, 0.15) is 25.8 Å². The lowest BCUT2D eigenvalue weighted by Crippen LogP contribution is -2.34. The molecule has 1 amide bonds. The van der Waals surface area contributed by atoms with Crippen molar-refractivity contribution in [1.29, 1.82) is 0 Å². The summed E-state index contributed by atoms with van der Waals surface area (Å²) < 4.78 is 0. The number of nitrogens with zero attached hydrogens (tertiary/aromatic N) is 1. The molecule has 2 N–H and O–H groups in total. The number of aromatic nitrogens is 1. The summed E-state index contributed by atoms with van der Waals surface area (Å²) in [6.07, 6.45) is 3.60. The highest BCUT2D eigenvalue weighted by atomic mass is 16.4. The van der Waals surface area contributed by atoms with Gasteiger partial charge in [-0.3, -0.25) is 9.59 Å². The SMILES string of the molecule is CN(Cc1cc[nH]c1)C(=O)CC(C)(C)C(=O)O. The van der Waals surface area contributed by atoms with E-state index < -0.39 is 11.4 Å². The molecule has 1 aromatic rings. The Morgan fingerprint density at radius 3 is 2.59 bits per heavy atom. The number of hydrogen-bond acceptors (Lipinski definition) is 2. The Balaban J connectivity index is 2.56. The first-order chi connectivity index (χ1) is 7.83. The fraction of sp³-hybridized carbons (Fsp3) is 0.500. The number of aromatic amines is 1. The number of nitrogens with one attached hydrogen (secondary N) is 1. The highest BCUT2D eigenvalue weighted by Crippen LogP contribution is 2.21. The summed E-state index contributed by atoms with van der Waals surface area (Å²) in [7, 11) is 1.67. The fourth-order valence-corrected chi connectivity index (χ4v) is 1.41. The van der Waals surface area contributed by atoms with Crippen LogP contribution in [-0.2, 0) is 16.1 Å². The second-order valence-electron chi connectivity index (χ2n) is 4.83. The lowest BCUT2D eigenvalue weighted by Gasteiger charge is -2.23. The molecule has 0 fully saturated rings. The number of H-pyrrole nitrogens is 1. The van der Waals surface area contributed by atoms with Gasteiger partial charge >= 0.3 is 5.97 Å². The van der Waals surface area contributed by atoms with Crippen molar-refractivity contribution in [2.24, 2.45) is 5.41 Å². The second kappa shape index (κ2) is 5.03. The Morgan fingerprint density at radius 1 is 1.47 bits per heavy atom. The topological polar surface area (TPSA) is 73.4 Å². The molecular weight excluding hydrogens is 220 g/mol. The van der Waals surface area contributed by atoms with Gasteiger partial charge in [0, 0.05) is 32.4 Å². The summed E-state index contributed by atoms with van der Waals surface area (Å²) in [5, 5.41) is 8.95. The third-order valence-corrected chi connectivity index (χ3v) is 2.68. The lowest BCUT2D eigenvalue weighted by molar-refractivity contribution is -0.151. The molecule has 0 spiro atoms. The summed E-state index contributed by atoms with van der Waals surface area (Å²) in [5.74, 6) is -1.13.